The highest BCUT2D eigenvalue weighted by atomic mass is 15.1. The van der Waals surface area contributed by atoms with Crippen molar-refractivity contribution in [3.8, 4) is 0 Å². The van der Waals surface area contributed by atoms with Crippen LogP contribution in [0.1, 0.15) is 33.3 Å². The summed E-state index contributed by atoms with van der Waals surface area (Å²) < 4.78 is 0. The van der Waals surface area contributed by atoms with Crippen LogP contribution >= 0.6 is 0 Å². The van der Waals surface area contributed by atoms with Crippen molar-refractivity contribution in [2.75, 3.05) is 4.90 Å². The van der Waals surface area contributed by atoms with E-state index in [1.54, 1.807) is 0 Å². The minimum Gasteiger partial charge on any atom is -0.310 e. The van der Waals surface area contributed by atoms with Crippen molar-refractivity contribution >= 4 is 32.9 Å². The van der Waals surface area contributed by atoms with E-state index < -0.39 is 0 Å². The van der Waals surface area contributed by atoms with E-state index in [0.29, 0.717) is 0 Å². The molecule has 0 bridgehead atoms. The number of allylic oxidation sites excluding steroid dienone is 3. The quantitative estimate of drug-likeness (QED) is 0.247. The number of nitrogens with zero attached hydrogens (tertiary/aromatic N) is 1. The van der Waals surface area contributed by atoms with E-state index in [9.17, 15) is 0 Å². The van der Waals surface area contributed by atoms with Crippen molar-refractivity contribution in [2.24, 2.45) is 0 Å². The molecule has 0 aliphatic rings. The summed E-state index contributed by atoms with van der Waals surface area (Å²) in [6.07, 6.45) is 6.43. The molecule has 4 rings (SSSR count). The van der Waals surface area contributed by atoms with E-state index in [4.69, 9.17) is 0 Å². The Kier molecular flexibility index (Phi) is 7.08. The van der Waals surface area contributed by atoms with Gasteiger partial charge in [-0.25, -0.2) is 0 Å². The van der Waals surface area contributed by atoms with Crippen molar-refractivity contribution < 1.29 is 0 Å². The molecule has 0 saturated heterocycles. The van der Waals surface area contributed by atoms with E-state index in [-0.39, 0.29) is 0 Å². The molecule has 0 spiro atoms. The summed E-state index contributed by atoms with van der Waals surface area (Å²) in [4.78, 5) is 2.35. The van der Waals surface area contributed by atoms with Crippen LogP contribution in [0.2, 0.25) is 0 Å². The third-order valence-electron chi connectivity index (χ3n) is 5.14. The Balaban J connectivity index is 0.00000124. The van der Waals surface area contributed by atoms with Crippen molar-refractivity contribution in [1.82, 2.24) is 0 Å². The third kappa shape index (κ3) is 4.16. The number of anilines is 2. The monoisotopic (exact) mass is 393 g/mol. The van der Waals surface area contributed by atoms with Gasteiger partial charge in [-0.05, 0) is 61.2 Å². The SMILES string of the molecule is C/C=C\C(=C/C)N(c1ccccc1)c1cc2ccc(C)cc2c2ccccc12.CC. The smallest absolute Gasteiger partial charge is 0.0546 e. The van der Waals surface area contributed by atoms with E-state index in [0.717, 1.165) is 11.4 Å². The second-order valence-electron chi connectivity index (χ2n) is 7.05. The summed E-state index contributed by atoms with van der Waals surface area (Å²) in [5.74, 6) is 0. The second kappa shape index (κ2) is 9.93. The number of aryl methyl sites for hydroxylation is 1. The van der Waals surface area contributed by atoms with Crippen molar-refractivity contribution in [2.45, 2.75) is 34.6 Å². The fourth-order valence-electron chi connectivity index (χ4n) is 3.86. The fraction of sp³-hybridized carbons (Fsp3) is 0.172. The van der Waals surface area contributed by atoms with Gasteiger partial charge in [0.25, 0.3) is 0 Å². The van der Waals surface area contributed by atoms with Crippen LogP contribution < -0.4 is 4.90 Å². The lowest BCUT2D eigenvalue weighted by molar-refractivity contribution is 1.21. The highest BCUT2D eigenvalue weighted by Crippen LogP contribution is 2.39. The molecule has 4 aromatic rings. The molecule has 0 fully saturated rings. The number of fused-ring (bicyclic) bond motifs is 3. The Morgan fingerprint density at radius 2 is 1.40 bits per heavy atom. The molecular weight excluding hydrogens is 362 g/mol. The molecule has 4 aromatic carbocycles. The molecule has 0 aliphatic heterocycles. The fourth-order valence-corrected chi connectivity index (χ4v) is 3.86. The van der Waals surface area contributed by atoms with E-state index in [1.165, 1.54) is 32.8 Å². The summed E-state index contributed by atoms with van der Waals surface area (Å²) in [7, 11) is 0. The number of hydrogen-bond donors (Lipinski definition) is 0. The predicted octanol–water partition coefficient (Wildman–Crippen LogP) is 8.95. The topological polar surface area (TPSA) is 3.24 Å². The lowest BCUT2D eigenvalue weighted by atomic mass is 9.97. The maximum Gasteiger partial charge on any atom is 0.0546 e. The lowest BCUT2D eigenvalue weighted by Gasteiger charge is -2.28. The Labute approximate surface area is 181 Å². The molecule has 0 unspecified atom stereocenters. The first-order valence-electron chi connectivity index (χ1n) is 10.8. The molecule has 0 atom stereocenters. The predicted molar refractivity (Wildman–Crippen MR) is 135 cm³/mol. The van der Waals surface area contributed by atoms with Crippen molar-refractivity contribution in [3.63, 3.8) is 0 Å². The van der Waals surface area contributed by atoms with Crippen LogP contribution in [-0.2, 0) is 0 Å². The maximum atomic E-state index is 2.35. The zero-order valence-electron chi connectivity index (χ0n) is 18.7. The molecule has 0 saturated carbocycles. The first-order chi connectivity index (χ1) is 14.7. The van der Waals surface area contributed by atoms with Gasteiger partial charge < -0.3 is 4.90 Å². The van der Waals surface area contributed by atoms with E-state index >= 15 is 0 Å². The number of hydrogen-bond acceptors (Lipinski definition) is 1. The Bertz CT molecular complexity index is 1180. The van der Waals surface area contributed by atoms with Gasteiger partial charge in [0.15, 0.2) is 0 Å². The summed E-state index contributed by atoms with van der Waals surface area (Å²) in [6, 6.07) is 28.3. The molecule has 0 radical (unpaired) electrons. The van der Waals surface area contributed by atoms with Gasteiger partial charge in [-0.1, -0.05) is 92.2 Å². The Morgan fingerprint density at radius 1 is 0.733 bits per heavy atom. The van der Waals surface area contributed by atoms with Crippen LogP contribution in [0.25, 0.3) is 21.5 Å². The molecule has 0 amide bonds. The molecule has 0 aromatic heterocycles. The van der Waals surface area contributed by atoms with Gasteiger partial charge in [0, 0.05) is 16.8 Å². The first-order valence-corrected chi connectivity index (χ1v) is 10.8. The van der Waals surface area contributed by atoms with Gasteiger partial charge in [0.05, 0.1) is 5.69 Å². The van der Waals surface area contributed by atoms with Crippen LogP contribution in [0, 0.1) is 6.92 Å². The Hall–Kier alpha value is -3.32. The highest BCUT2D eigenvalue weighted by molar-refractivity contribution is 6.14. The standard InChI is InChI=1S/C27H25N.C2H6/c1-4-11-22(5-2)28(23-12-7-6-8-13-23)27-19-21-17-16-20(3)18-26(21)24-14-9-10-15-25(24)27;1-2/h4-19H,1-3H3;1-2H3/b11-4-,22-5+;. The van der Waals surface area contributed by atoms with E-state index in [1.807, 2.05) is 13.8 Å². The van der Waals surface area contributed by atoms with Crippen molar-refractivity contribution in [1.29, 1.82) is 0 Å². The maximum absolute atomic E-state index is 2.35. The van der Waals surface area contributed by atoms with Crippen LogP contribution in [0.4, 0.5) is 11.4 Å². The average molecular weight is 394 g/mol. The van der Waals surface area contributed by atoms with Gasteiger partial charge in [0.2, 0.25) is 0 Å². The Morgan fingerprint density at radius 3 is 2.07 bits per heavy atom. The minimum atomic E-state index is 1.16. The van der Waals surface area contributed by atoms with Gasteiger partial charge in [-0.15, -0.1) is 0 Å². The highest BCUT2D eigenvalue weighted by Gasteiger charge is 2.17. The molecule has 152 valence electrons. The number of rotatable bonds is 4. The van der Waals surface area contributed by atoms with Gasteiger partial charge in [-0.3, -0.25) is 0 Å². The first kappa shape index (κ1) is 21.4. The zero-order valence-corrected chi connectivity index (χ0v) is 18.7. The second-order valence-corrected chi connectivity index (χ2v) is 7.05. The summed E-state index contributed by atoms with van der Waals surface area (Å²) in [5.41, 5.74) is 4.80. The van der Waals surface area contributed by atoms with Gasteiger partial charge >= 0.3 is 0 Å². The van der Waals surface area contributed by atoms with Gasteiger partial charge in [-0.2, -0.15) is 0 Å². The number of benzene rings is 4. The van der Waals surface area contributed by atoms with E-state index in [2.05, 4.69) is 123 Å². The molecule has 1 nitrogen and oxygen atoms in total. The third-order valence-corrected chi connectivity index (χ3v) is 5.14. The zero-order chi connectivity index (χ0) is 21.5. The number of para-hydroxylation sites is 1. The van der Waals surface area contributed by atoms with Crippen LogP contribution in [-0.4, -0.2) is 0 Å². The summed E-state index contributed by atoms with van der Waals surface area (Å²) >= 11 is 0. The molecule has 1 heteroatoms. The average Bonchev–Trinajstić information content (AvgIpc) is 2.81. The van der Waals surface area contributed by atoms with Crippen LogP contribution in [0.15, 0.2) is 103 Å². The molecule has 30 heavy (non-hydrogen) atoms. The van der Waals surface area contributed by atoms with Gasteiger partial charge in [0.1, 0.15) is 0 Å². The summed E-state index contributed by atoms with van der Waals surface area (Å²) in [6.45, 7) is 10.3. The lowest BCUT2D eigenvalue weighted by Crippen LogP contribution is -2.15. The van der Waals surface area contributed by atoms with Crippen LogP contribution in [0.3, 0.4) is 0 Å². The summed E-state index contributed by atoms with van der Waals surface area (Å²) in [5, 5.41) is 5.11. The normalized spacial score (nSPS) is 11.6. The van der Waals surface area contributed by atoms with Crippen LogP contribution in [0.5, 0.6) is 0 Å². The molecule has 0 heterocycles. The molecular formula is C29H31N. The van der Waals surface area contributed by atoms with Crippen molar-refractivity contribution in [3.05, 3.63) is 108 Å². The molecule has 0 aliphatic carbocycles. The molecule has 0 N–H and O–H groups in total. The largest absolute Gasteiger partial charge is 0.310 e. The minimum absolute atomic E-state index is 1.16.